The normalized spacial score (nSPS) is 14.9. The van der Waals surface area contributed by atoms with Gasteiger partial charge in [-0.2, -0.15) is 0 Å². The lowest BCUT2D eigenvalue weighted by Gasteiger charge is -2.34. The van der Waals surface area contributed by atoms with Crippen LogP contribution in [0.2, 0.25) is 0 Å². The summed E-state index contributed by atoms with van der Waals surface area (Å²) in [5.74, 6) is 0.854. The molecule has 150 valence electrons. The van der Waals surface area contributed by atoms with Crippen LogP contribution in [0.15, 0.2) is 24.3 Å². The Hall–Kier alpha value is -2.38. The van der Waals surface area contributed by atoms with Crippen LogP contribution in [0, 0.1) is 20.8 Å². The van der Waals surface area contributed by atoms with Crippen LogP contribution in [-0.4, -0.2) is 43.3 Å². The monoisotopic (exact) mass is 424 g/mol. The average molecular weight is 425 g/mol. The second-order valence-corrected chi connectivity index (χ2v) is 9.56. The fourth-order valence-electron chi connectivity index (χ4n) is 3.87. The molecule has 29 heavy (non-hydrogen) atoms. The molecule has 0 radical (unpaired) electrons. The molecule has 0 spiro atoms. The van der Waals surface area contributed by atoms with Gasteiger partial charge in [-0.25, -0.2) is 9.97 Å². The second kappa shape index (κ2) is 7.15. The van der Waals surface area contributed by atoms with E-state index in [0.717, 1.165) is 53.2 Å². The fraction of sp³-hybridized carbons (Fsp3) is 0.364. The van der Waals surface area contributed by atoms with Crippen molar-refractivity contribution >= 4 is 53.4 Å². The minimum absolute atomic E-state index is 0.854. The number of methoxy groups -OCH3 is 1. The molecular weight excluding hydrogens is 400 g/mol. The summed E-state index contributed by atoms with van der Waals surface area (Å²) in [6, 6.07) is 8.48. The van der Waals surface area contributed by atoms with Crippen molar-refractivity contribution < 1.29 is 4.74 Å². The lowest BCUT2D eigenvalue weighted by Crippen LogP contribution is -2.46. The highest BCUT2D eigenvalue weighted by Gasteiger charge is 2.23. The molecule has 0 saturated carbocycles. The summed E-state index contributed by atoms with van der Waals surface area (Å²) in [6.07, 6.45) is 0. The first-order valence-corrected chi connectivity index (χ1v) is 11.5. The summed E-state index contributed by atoms with van der Waals surface area (Å²) in [6.45, 7) is 10.3. The number of thiazole rings is 2. The molecule has 0 atom stereocenters. The number of nitrogens with zero attached hydrogens (tertiary/aromatic N) is 4. The van der Waals surface area contributed by atoms with Crippen molar-refractivity contribution in [1.82, 2.24) is 9.97 Å². The zero-order valence-electron chi connectivity index (χ0n) is 17.2. The van der Waals surface area contributed by atoms with Crippen LogP contribution in [-0.2, 0) is 0 Å². The van der Waals surface area contributed by atoms with Crippen molar-refractivity contribution in [3.05, 3.63) is 41.0 Å². The molecule has 2 aromatic heterocycles. The molecular formula is C22H24N4OS2. The number of aryl methyl sites for hydroxylation is 3. The molecule has 7 heteroatoms. The van der Waals surface area contributed by atoms with Gasteiger partial charge in [-0.15, -0.1) is 0 Å². The topological polar surface area (TPSA) is 41.5 Å². The van der Waals surface area contributed by atoms with Crippen LogP contribution < -0.4 is 14.5 Å². The third-order valence-electron chi connectivity index (χ3n) is 5.66. The van der Waals surface area contributed by atoms with Crippen LogP contribution in [0.3, 0.4) is 0 Å². The highest BCUT2D eigenvalue weighted by Crippen LogP contribution is 2.37. The molecule has 5 rings (SSSR count). The van der Waals surface area contributed by atoms with Gasteiger partial charge in [0.25, 0.3) is 0 Å². The third-order valence-corrected chi connectivity index (χ3v) is 8.17. The van der Waals surface area contributed by atoms with Crippen molar-refractivity contribution in [2.75, 3.05) is 43.1 Å². The summed E-state index contributed by atoms with van der Waals surface area (Å²) in [5.41, 5.74) is 5.95. The maximum atomic E-state index is 5.52. The van der Waals surface area contributed by atoms with E-state index in [0.29, 0.717) is 0 Å². The molecule has 0 N–H and O–H groups in total. The Morgan fingerprint density at radius 2 is 1.21 bits per heavy atom. The number of rotatable bonds is 3. The minimum atomic E-state index is 0.854. The summed E-state index contributed by atoms with van der Waals surface area (Å²) in [4.78, 5) is 14.7. The van der Waals surface area contributed by atoms with Gasteiger partial charge < -0.3 is 14.5 Å². The Labute approximate surface area is 178 Å². The van der Waals surface area contributed by atoms with Gasteiger partial charge in [-0.05, 0) is 43.5 Å². The molecule has 5 nitrogen and oxygen atoms in total. The zero-order chi connectivity index (χ0) is 20.1. The van der Waals surface area contributed by atoms with Gasteiger partial charge in [0.2, 0.25) is 0 Å². The third kappa shape index (κ3) is 3.13. The van der Waals surface area contributed by atoms with Crippen LogP contribution in [0.1, 0.15) is 16.7 Å². The van der Waals surface area contributed by atoms with Crippen molar-refractivity contribution in [3.63, 3.8) is 0 Å². The Morgan fingerprint density at radius 3 is 1.76 bits per heavy atom. The van der Waals surface area contributed by atoms with Gasteiger partial charge in [0, 0.05) is 26.2 Å². The Morgan fingerprint density at radius 1 is 0.724 bits per heavy atom. The van der Waals surface area contributed by atoms with Crippen LogP contribution in [0.5, 0.6) is 5.75 Å². The van der Waals surface area contributed by atoms with Crippen LogP contribution in [0.25, 0.3) is 20.4 Å². The van der Waals surface area contributed by atoms with E-state index in [-0.39, 0.29) is 0 Å². The number of anilines is 2. The van der Waals surface area contributed by atoms with E-state index in [4.69, 9.17) is 14.7 Å². The molecule has 4 aromatic rings. The summed E-state index contributed by atoms with van der Waals surface area (Å²) < 4.78 is 8.05. The van der Waals surface area contributed by atoms with E-state index in [1.165, 1.54) is 26.1 Å². The number of hydrogen-bond acceptors (Lipinski definition) is 7. The van der Waals surface area contributed by atoms with Crippen LogP contribution >= 0.6 is 22.7 Å². The average Bonchev–Trinajstić information content (AvgIpc) is 3.38. The zero-order valence-corrected chi connectivity index (χ0v) is 18.8. The van der Waals surface area contributed by atoms with Crippen molar-refractivity contribution in [2.24, 2.45) is 0 Å². The molecule has 2 aromatic carbocycles. The fourth-order valence-corrected chi connectivity index (χ4v) is 6.14. The van der Waals surface area contributed by atoms with Crippen molar-refractivity contribution in [1.29, 1.82) is 0 Å². The number of benzene rings is 2. The molecule has 0 bridgehead atoms. The largest absolute Gasteiger partial charge is 0.494 e. The van der Waals surface area contributed by atoms with E-state index < -0.39 is 0 Å². The van der Waals surface area contributed by atoms with Gasteiger partial charge in [0.1, 0.15) is 11.3 Å². The molecule has 3 heterocycles. The number of aromatic nitrogens is 2. The van der Waals surface area contributed by atoms with E-state index in [9.17, 15) is 0 Å². The van der Waals surface area contributed by atoms with Crippen molar-refractivity contribution in [3.8, 4) is 5.75 Å². The summed E-state index contributed by atoms with van der Waals surface area (Å²) >= 11 is 3.59. The maximum absolute atomic E-state index is 5.52. The Bertz CT molecular complexity index is 1170. The first kappa shape index (κ1) is 18.6. The number of hydrogen-bond donors (Lipinski definition) is 0. The molecule has 1 fully saturated rings. The Balaban J connectivity index is 1.38. The molecule has 1 aliphatic heterocycles. The number of ether oxygens (including phenoxy) is 1. The van der Waals surface area contributed by atoms with Gasteiger partial charge in [-0.1, -0.05) is 40.9 Å². The van der Waals surface area contributed by atoms with Crippen LogP contribution in [0.4, 0.5) is 10.3 Å². The number of fused-ring (bicyclic) bond motifs is 2. The molecule has 1 saturated heterocycles. The summed E-state index contributed by atoms with van der Waals surface area (Å²) in [7, 11) is 1.71. The highest BCUT2D eigenvalue weighted by molar-refractivity contribution is 7.22. The van der Waals surface area contributed by atoms with Gasteiger partial charge >= 0.3 is 0 Å². The van der Waals surface area contributed by atoms with E-state index in [1.54, 1.807) is 18.4 Å². The second-order valence-electron chi connectivity index (χ2n) is 7.61. The number of piperazine rings is 1. The molecule has 0 unspecified atom stereocenters. The molecule has 0 aliphatic carbocycles. The predicted octanol–water partition coefficient (Wildman–Crippen LogP) is 5.17. The first-order valence-electron chi connectivity index (χ1n) is 9.86. The maximum Gasteiger partial charge on any atom is 0.186 e. The van der Waals surface area contributed by atoms with E-state index in [2.05, 4.69) is 48.8 Å². The molecule has 1 aliphatic rings. The van der Waals surface area contributed by atoms with Gasteiger partial charge in [0.05, 0.1) is 22.0 Å². The van der Waals surface area contributed by atoms with Crippen molar-refractivity contribution in [2.45, 2.75) is 20.8 Å². The van der Waals surface area contributed by atoms with Gasteiger partial charge in [0.15, 0.2) is 10.3 Å². The molecule has 0 amide bonds. The lowest BCUT2D eigenvalue weighted by atomic mass is 10.1. The standard InChI is InChI=1S/C22H24N4OS2/c1-13-5-6-14(2)19-17(13)23-21(28-19)25-9-11-26(12-10-25)22-24-18-16(27-4)8-7-15(3)20(18)29-22/h5-8H,9-12H2,1-4H3. The predicted molar refractivity (Wildman–Crippen MR) is 124 cm³/mol. The van der Waals surface area contributed by atoms with E-state index in [1.807, 2.05) is 17.4 Å². The Kier molecular flexibility index (Phi) is 4.59. The first-order chi connectivity index (χ1) is 14.0. The minimum Gasteiger partial charge on any atom is -0.494 e. The smallest absolute Gasteiger partial charge is 0.186 e. The lowest BCUT2D eigenvalue weighted by molar-refractivity contribution is 0.419. The highest BCUT2D eigenvalue weighted by atomic mass is 32.1. The quantitative estimate of drug-likeness (QED) is 0.454. The van der Waals surface area contributed by atoms with E-state index >= 15 is 0 Å². The van der Waals surface area contributed by atoms with Gasteiger partial charge in [-0.3, -0.25) is 0 Å². The SMILES string of the molecule is COc1ccc(C)c2sc(N3CCN(c4nc5c(C)ccc(C)c5s4)CC3)nc12. The summed E-state index contributed by atoms with van der Waals surface area (Å²) in [5, 5.41) is 2.22.